The quantitative estimate of drug-likeness (QED) is 0.434. The fourth-order valence-electron chi connectivity index (χ4n) is 0.649. The van der Waals surface area contributed by atoms with E-state index in [1.165, 1.54) is 0 Å². The lowest BCUT2D eigenvalue weighted by Gasteiger charge is -1.97. The Kier molecular flexibility index (Phi) is 4.64. The first-order valence-corrected chi connectivity index (χ1v) is 5.89. The van der Waals surface area contributed by atoms with Crippen molar-refractivity contribution in [2.75, 3.05) is 0 Å². The molecular formula is C9H10N2S2. The summed E-state index contributed by atoms with van der Waals surface area (Å²) in [5, 5.41) is 1.97. The molecule has 0 aliphatic rings. The van der Waals surface area contributed by atoms with E-state index in [0.717, 1.165) is 10.1 Å². The van der Waals surface area contributed by atoms with Crippen LogP contribution in [0.5, 0.6) is 0 Å². The summed E-state index contributed by atoms with van der Waals surface area (Å²) in [5.41, 5.74) is 0. The number of aromatic nitrogens is 1. The highest BCUT2D eigenvalue weighted by molar-refractivity contribution is 8.82. The van der Waals surface area contributed by atoms with Gasteiger partial charge in [0.15, 0.2) is 0 Å². The van der Waals surface area contributed by atoms with Crippen LogP contribution in [0, 0.1) is 0 Å². The van der Waals surface area contributed by atoms with Gasteiger partial charge in [-0.25, -0.2) is 4.98 Å². The molecule has 0 unspecified atom stereocenters. The second-order valence-corrected chi connectivity index (χ2v) is 4.51. The Morgan fingerprint density at radius 1 is 1.62 bits per heavy atom. The van der Waals surface area contributed by atoms with E-state index in [-0.39, 0.29) is 0 Å². The summed E-state index contributed by atoms with van der Waals surface area (Å²) in [6, 6.07) is 5.84. The third-order valence-electron chi connectivity index (χ3n) is 1.16. The highest BCUT2D eigenvalue weighted by Gasteiger charge is 1.96. The molecule has 0 radical (unpaired) electrons. The first-order valence-electron chi connectivity index (χ1n) is 3.74. The minimum atomic E-state index is 0.977. The molecule has 0 N–H and O–H groups in total. The van der Waals surface area contributed by atoms with Crippen LogP contribution < -0.4 is 0 Å². The summed E-state index contributed by atoms with van der Waals surface area (Å²) >= 11 is 0. The van der Waals surface area contributed by atoms with Crippen LogP contribution in [0.3, 0.4) is 0 Å². The first kappa shape index (κ1) is 10.3. The monoisotopic (exact) mass is 210 g/mol. The van der Waals surface area contributed by atoms with Crippen LogP contribution >= 0.6 is 21.6 Å². The van der Waals surface area contributed by atoms with E-state index >= 15 is 0 Å². The van der Waals surface area contributed by atoms with Gasteiger partial charge in [-0.15, -0.1) is 0 Å². The first-order chi connectivity index (χ1) is 6.33. The van der Waals surface area contributed by atoms with Crippen molar-refractivity contribution in [1.29, 1.82) is 0 Å². The molecule has 0 saturated carbocycles. The van der Waals surface area contributed by atoms with Gasteiger partial charge in [0.2, 0.25) is 0 Å². The molecule has 4 heteroatoms. The van der Waals surface area contributed by atoms with Crippen LogP contribution in [-0.4, -0.2) is 10.0 Å². The molecule has 1 aromatic rings. The third kappa shape index (κ3) is 4.15. The second kappa shape index (κ2) is 5.83. The van der Waals surface area contributed by atoms with Crippen LogP contribution in [0.4, 0.5) is 0 Å². The van der Waals surface area contributed by atoms with Gasteiger partial charge in [-0.1, -0.05) is 12.6 Å². The number of aliphatic imine (C=N–C) groups is 1. The lowest BCUT2D eigenvalue weighted by atomic mass is 10.5. The van der Waals surface area contributed by atoms with Gasteiger partial charge in [0.25, 0.3) is 0 Å². The van der Waals surface area contributed by atoms with Crippen LogP contribution in [-0.2, 0) is 0 Å². The number of rotatable bonds is 3. The molecule has 0 atom stereocenters. The van der Waals surface area contributed by atoms with Crippen molar-refractivity contribution in [3.05, 3.63) is 37.2 Å². The smallest absolute Gasteiger partial charge is 0.107 e. The Bertz CT molecular complexity index is 296. The van der Waals surface area contributed by atoms with E-state index in [1.54, 1.807) is 34.0 Å². The molecular weight excluding hydrogens is 200 g/mol. The molecule has 68 valence electrons. The molecule has 0 fully saturated rings. The second-order valence-electron chi connectivity index (χ2n) is 2.17. The summed E-state index contributed by atoms with van der Waals surface area (Å²) in [6.07, 6.45) is 3.32. The topological polar surface area (TPSA) is 25.2 Å². The Balaban J connectivity index is 2.44. The summed E-state index contributed by atoms with van der Waals surface area (Å²) in [5.74, 6) is 0. The zero-order valence-corrected chi connectivity index (χ0v) is 8.94. The minimum Gasteiger partial charge on any atom is -0.254 e. The van der Waals surface area contributed by atoms with Crippen LogP contribution in [0.1, 0.15) is 6.92 Å². The van der Waals surface area contributed by atoms with Gasteiger partial charge in [-0.2, -0.15) is 0 Å². The van der Waals surface area contributed by atoms with E-state index < -0.39 is 0 Å². The number of nitrogens with zero attached hydrogens (tertiary/aromatic N) is 2. The molecule has 2 nitrogen and oxygen atoms in total. The van der Waals surface area contributed by atoms with Crippen molar-refractivity contribution >= 4 is 26.6 Å². The molecule has 1 aromatic heterocycles. The molecule has 0 bridgehead atoms. The Labute approximate surface area is 86.0 Å². The molecule has 0 aliphatic carbocycles. The fourth-order valence-corrected chi connectivity index (χ4v) is 2.25. The maximum atomic E-state index is 4.17. The molecule has 0 saturated heterocycles. The van der Waals surface area contributed by atoms with Gasteiger partial charge in [0.1, 0.15) is 5.03 Å². The zero-order chi connectivity index (χ0) is 9.52. The maximum absolute atomic E-state index is 4.17. The van der Waals surface area contributed by atoms with Gasteiger partial charge in [0, 0.05) is 12.4 Å². The molecule has 0 aromatic carbocycles. The van der Waals surface area contributed by atoms with Crippen molar-refractivity contribution in [3.63, 3.8) is 0 Å². The minimum absolute atomic E-state index is 0.977. The lowest BCUT2D eigenvalue weighted by Crippen LogP contribution is -1.79. The summed E-state index contributed by atoms with van der Waals surface area (Å²) in [7, 11) is 3.18. The van der Waals surface area contributed by atoms with Crippen molar-refractivity contribution < 1.29 is 0 Å². The Hall–Kier alpha value is -0.740. The average molecular weight is 210 g/mol. The van der Waals surface area contributed by atoms with Gasteiger partial charge >= 0.3 is 0 Å². The standard InChI is InChI=1S/C9H10N2S2/c1-3-10-8(2)12-13-9-6-4-5-7-11-9/h3-7H,1H2,2H3/b10-8+. The molecule has 0 amide bonds. The molecule has 1 heterocycles. The van der Waals surface area contributed by atoms with E-state index in [2.05, 4.69) is 16.6 Å². The average Bonchev–Trinajstić information content (AvgIpc) is 2.17. The molecule has 0 aliphatic heterocycles. The van der Waals surface area contributed by atoms with E-state index in [9.17, 15) is 0 Å². The van der Waals surface area contributed by atoms with Crippen molar-refractivity contribution in [2.24, 2.45) is 4.99 Å². The van der Waals surface area contributed by atoms with Crippen molar-refractivity contribution in [3.8, 4) is 0 Å². The van der Waals surface area contributed by atoms with Gasteiger partial charge in [-0.05, 0) is 40.6 Å². The van der Waals surface area contributed by atoms with Crippen LogP contribution in [0.25, 0.3) is 0 Å². The lowest BCUT2D eigenvalue weighted by molar-refractivity contribution is 1.14. The van der Waals surface area contributed by atoms with Crippen LogP contribution in [0.15, 0.2) is 47.2 Å². The SMILES string of the molecule is C=C/N=C(\C)SSc1ccccn1. The summed E-state index contributed by atoms with van der Waals surface area (Å²) in [4.78, 5) is 8.21. The highest BCUT2D eigenvalue weighted by Crippen LogP contribution is 2.29. The Morgan fingerprint density at radius 2 is 2.46 bits per heavy atom. The third-order valence-corrected chi connectivity index (χ3v) is 3.49. The fraction of sp³-hybridized carbons (Fsp3) is 0.111. The van der Waals surface area contributed by atoms with Gasteiger partial charge in [0.05, 0.1) is 5.04 Å². The number of pyridine rings is 1. The predicted octanol–water partition coefficient (Wildman–Crippen LogP) is 3.38. The predicted molar refractivity (Wildman–Crippen MR) is 61.0 cm³/mol. The summed E-state index contributed by atoms with van der Waals surface area (Å²) in [6.45, 7) is 5.48. The maximum Gasteiger partial charge on any atom is 0.107 e. The highest BCUT2D eigenvalue weighted by atomic mass is 33.1. The number of hydrogen-bond acceptors (Lipinski definition) is 4. The Morgan fingerprint density at radius 3 is 3.08 bits per heavy atom. The van der Waals surface area contributed by atoms with Crippen molar-refractivity contribution in [1.82, 2.24) is 4.98 Å². The largest absolute Gasteiger partial charge is 0.254 e. The van der Waals surface area contributed by atoms with E-state index in [4.69, 9.17) is 0 Å². The van der Waals surface area contributed by atoms with E-state index in [0.29, 0.717) is 0 Å². The zero-order valence-electron chi connectivity index (χ0n) is 7.30. The molecule has 1 rings (SSSR count). The molecule has 13 heavy (non-hydrogen) atoms. The van der Waals surface area contributed by atoms with Crippen LogP contribution in [0.2, 0.25) is 0 Å². The van der Waals surface area contributed by atoms with Gasteiger partial charge < -0.3 is 0 Å². The number of hydrogen-bond donors (Lipinski definition) is 0. The molecule has 0 spiro atoms. The summed E-state index contributed by atoms with van der Waals surface area (Å²) < 4.78 is 0. The van der Waals surface area contributed by atoms with E-state index in [1.807, 2.05) is 25.1 Å². The normalized spacial score (nSPS) is 11.3. The van der Waals surface area contributed by atoms with Crippen molar-refractivity contribution in [2.45, 2.75) is 11.9 Å². The van der Waals surface area contributed by atoms with Gasteiger partial charge in [-0.3, -0.25) is 4.99 Å².